The van der Waals surface area contributed by atoms with Gasteiger partial charge >= 0.3 is 35.8 Å². The van der Waals surface area contributed by atoms with E-state index in [1.54, 1.807) is 57.2 Å². The third kappa shape index (κ3) is 9.40. The summed E-state index contributed by atoms with van der Waals surface area (Å²) in [6.07, 6.45) is 0.486. The first-order valence-corrected chi connectivity index (χ1v) is 17.2. The van der Waals surface area contributed by atoms with Crippen LogP contribution in [0.3, 0.4) is 0 Å². The quantitative estimate of drug-likeness (QED) is 0.0876. The zero-order valence-corrected chi connectivity index (χ0v) is 30.0. The Hall–Kier alpha value is -5.80. The second-order valence-corrected chi connectivity index (χ2v) is 12.6. The summed E-state index contributed by atoms with van der Waals surface area (Å²) in [5, 5.41) is 5.05. The lowest BCUT2D eigenvalue weighted by Crippen LogP contribution is -2.37. The molecule has 0 spiro atoms. The summed E-state index contributed by atoms with van der Waals surface area (Å²) in [5.74, 6) is -1.89. The van der Waals surface area contributed by atoms with E-state index in [-0.39, 0.29) is 34.5 Å². The van der Waals surface area contributed by atoms with E-state index in [9.17, 15) is 35.9 Å². The molecule has 16 heteroatoms. The van der Waals surface area contributed by atoms with Gasteiger partial charge in [0.05, 0.1) is 27.2 Å². The monoisotopic (exact) mass is 758 g/mol. The number of ether oxygens (including phenoxy) is 2. The second-order valence-electron chi connectivity index (χ2n) is 12.6. The molecule has 0 bridgehead atoms. The van der Waals surface area contributed by atoms with E-state index in [4.69, 9.17) is 9.47 Å². The highest BCUT2D eigenvalue weighted by atomic mass is 19.4. The Morgan fingerprint density at radius 1 is 0.630 bits per heavy atom. The van der Waals surface area contributed by atoms with Crippen molar-refractivity contribution in [1.29, 1.82) is 0 Å². The molecule has 0 saturated carbocycles. The molecule has 0 fully saturated rings. The van der Waals surface area contributed by atoms with Gasteiger partial charge in [0.15, 0.2) is 0 Å². The molecule has 0 atom stereocenters. The van der Waals surface area contributed by atoms with Gasteiger partial charge in [-0.25, -0.2) is 18.3 Å². The van der Waals surface area contributed by atoms with Gasteiger partial charge in [0, 0.05) is 11.4 Å². The standard InChI is InChI=1S/C38H38F6N6O4/c1-5-7-17-49-21-19-47(3)35(49)33(51)45-25-9-15-31(29(23-25)37(39,40)41)53-27-11-13-28(14-12-27)54-32-16-10-26(24-30(32)38(42,43)44)46-34(52)36-48(4)20-22-50(36)18-8-6-2/h9-16,19-24H,5-8,17-18H2,1-4H3/p+2. The molecule has 2 amide bonds. The molecule has 0 aliphatic heterocycles. The van der Waals surface area contributed by atoms with Crippen molar-refractivity contribution in [2.45, 2.75) is 65.0 Å². The molecule has 0 saturated heterocycles. The molecule has 286 valence electrons. The number of hydrogen-bond donors (Lipinski definition) is 2. The number of aryl methyl sites for hydroxylation is 4. The van der Waals surface area contributed by atoms with E-state index in [0.717, 1.165) is 49.9 Å². The first-order chi connectivity index (χ1) is 25.6. The van der Waals surface area contributed by atoms with Crippen LogP contribution in [0.2, 0.25) is 0 Å². The fourth-order valence-corrected chi connectivity index (χ4v) is 5.69. The Morgan fingerprint density at radius 3 is 1.33 bits per heavy atom. The molecule has 0 aliphatic carbocycles. The number of hydrogen-bond acceptors (Lipinski definition) is 4. The van der Waals surface area contributed by atoms with Crippen molar-refractivity contribution in [2.75, 3.05) is 10.6 Å². The van der Waals surface area contributed by atoms with Crippen LogP contribution in [0.15, 0.2) is 85.5 Å². The summed E-state index contributed by atoms with van der Waals surface area (Å²) in [5.41, 5.74) is -2.52. The van der Waals surface area contributed by atoms with Gasteiger partial charge in [-0.05, 0) is 73.5 Å². The van der Waals surface area contributed by atoms with E-state index in [2.05, 4.69) is 10.6 Å². The lowest BCUT2D eigenvalue weighted by Gasteiger charge is -2.17. The summed E-state index contributed by atoms with van der Waals surface area (Å²) in [6, 6.07) is 11.2. The van der Waals surface area contributed by atoms with Gasteiger partial charge in [-0.2, -0.15) is 26.3 Å². The molecule has 2 N–H and O–H groups in total. The molecule has 3 aromatic carbocycles. The van der Waals surface area contributed by atoms with Crippen molar-refractivity contribution in [3.8, 4) is 23.0 Å². The average molecular weight is 759 g/mol. The Morgan fingerprint density at radius 2 is 1.00 bits per heavy atom. The van der Waals surface area contributed by atoms with Crippen molar-refractivity contribution in [3.05, 3.63) is 108 Å². The maximum atomic E-state index is 14.2. The van der Waals surface area contributed by atoms with Crippen molar-refractivity contribution in [2.24, 2.45) is 14.1 Å². The van der Waals surface area contributed by atoms with Gasteiger partial charge in [0.2, 0.25) is 0 Å². The van der Waals surface area contributed by atoms with Gasteiger partial charge in [-0.3, -0.25) is 9.59 Å². The van der Waals surface area contributed by atoms with Crippen LogP contribution < -0.4 is 29.2 Å². The maximum absolute atomic E-state index is 14.2. The summed E-state index contributed by atoms with van der Waals surface area (Å²) in [4.78, 5) is 26.1. The van der Waals surface area contributed by atoms with Gasteiger partial charge < -0.3 is 20.1 Å². The maximum Gasteiger partial charge on any atom is 0.420 e. The summed E-state index contributed by atoms with van der Waals surface area (Å²) < 4.78 is 103. The molecule has 0 radical (unpaired) electrons. The normalized spacial score (nSPS) is 11.7. The first-order valence-electron chi connectivity index (χ1n) is 17.2. The van der Waals surface area contributed by atoms with E-state index in [1.807, 2.05) is 13.8 Å². The molecule has 10 nitrogen and oxygen atoms in total. The SMILES string of the molecule is CCCCn1cc[n+](C)c1C(=O)Nc1ccc(Oc2ccc(Oc3ccc(NC(=O)c4n(CCCC)cc[n+]4C)cc3C(F)(F)F)cc2)c(C(F)(F)F)c1. The zero-order valence-electron chi connectivity index (χ0n) is 30.0. The molecule has 0 aliphatic rings. The number of benzene rings is 3. The lowest BCUT2D eigenvalue weighted by atomic mass is 10.1. The number of alkyl halides is 6. The number of nitrogens with one attached hydrogen (secondary N) is 2. The smallest absolute Gasteiger partial charge is 0.420 e. The average Bonchev–Trinajstić information content (AvgIpc) is 3.68. The van der Waals surface area contributed by atoms with Crippen LogP contribution in [-0.2, 0) is 39.5 Å². The minimum atomic E-state index is -4.86. The second kappa shape index (κ2) is 16.5. The Bertz CT molecular complexity index is 1960. The molecular formula is C38H40F6N6O4+2. The number of rotatable bonds is 14. The highest BCUT2D eigenvalue weighted by Gasteiger charge is 2.37. The Balaban J connectivity index is 1.31. The summed E-state index contributed by atoms with van der Waals surface area (Å²) in [7, 11) is 3.32. The van der Waals surface area contributed by atoms with E-state index < -0.39 is 46.8 Å². The third-order valence-corrected chi connectivity index (χ3v) is 8.43. The van der Waals surface area contributed by atoms with E-state index in [0.29, 0.717) is 13.1 Å². The van der Waals surface area contributed by atoms with Crippen LogP contribution in [0.1, 0.15) is 71.9 Å². The van der Waals surface area contributed by atoms with Crippen molar-refractivity contribution >= 4 is 23.2 Å². The van der Waals surface area contributed by atoms with Gasteiger partial charge in [-0.1, -0.05) is 26.7 Å². The number of carbonyl (C=O) groups is 2. The highest BCUT2D eigenvalue weighted by Crippen LogP contribution is 2.42. The molecule has 5 rings (SSSR count). The zero-order chi connectivity index (χ0) is 39.2. The van der Waals surface area contributed by atoms with Crippen molar-refractivity contribution < 1.29 is 54.5 Å². The number of imidazole rings is 2. The molecule has 2 heterocycles. The largest absolute Gasteiger partial charge is 0.457 e. The topological polar surface area (TPSA) is 94.3 Å². The number of halogens is 6. The number of aromatic nitrogens is 4. The highest BCUT2D eigenvalue weighted by molar-refractivity contribution is 6.01. The Kier molecular flexibility index (Phi) is 12.0. The fraction of sp³-hybridized carbons (Fsp3) is 0.316. The first kappa shape index (κ1) is 39.4. The van der Waals surface area contributed by atoms with Gasteiger partial charge in [-0.15, -0.1) is 0 Å². The van der Waals surface area contributed by atoms with Crippen molar-refractivity contribution in [1.82, 2.24) is 9.13 Å². The van der Waals surface area contributed by atoms with Crippen LogP contribution in [0.5, 0.6) is 23.0 Å². The minimum absolute atomic E-state index is 0.0589. The third-order valence-electron chi connectivity index (χ3n) is 8.43. The number of carbonyl (C=O) groups excluding carboxylic acids is 2. The number of anilines is 2. The van der Waals surface area contributed by atoms with Crippen LogP contribution in [0.25, 0.3) is 0 Å². The van der Waals surface area contributed by atoms with Crippen LogP contribution in [0, 0.1) is 0 Å². The van der Waals surface area contributed by atoms with Gasteiger partial charge in [0.1, 0.15) is 58.9 Å². The van der Waals surface area contributed by atoms with Crippen molar-refractivity contribution in [3.63, 3.8) is 0 Å². The summed E-state index contributed by atoms with van der Waals surface area (Å²) in [6.45, 7) is 5.13. The van der Waals surface area contributed by atoms with Crippen LogP contribution in [0.4, 0.5) is 37.7 Å². The van der Waals surface area contributed by atoms with E-state index >= 15 is 0 Å². The number of amides is 2. The van der Waals surface area contributed by atoms with E-state index in [1.165, 1.54) is 36.4 Å². The fourth-order valence-electron chi connectivity index (χ4n) is 5.69. The van der Waals surface area contributed by atoms with Crippen LogP contribution in [-0.4, -0.2) is 20.9 Å². The summed E-state index contributed by atoms with van der Waals surface area (Å²) >= 11 is 0. The molecule has 2 aromatic heterocycles. The predicted molar refractivity (Wildman–Crippen MR) is 186 cm³/mol. The lowest BCUT2D eigenvalue weighted by molar-refractivity contribution is -0.673. The number of unbranched alkanes of at least 4 members (excludes halogenated alkanes) is 2. The Labute approximate surface area is 307 Å². The number of nitrogens with zero attached hydrogens (tertiary/aromatic N) is 4. The van der Waals surface area contributed by atoms with Gasteiger partial charge in [0.25, 0.3) is 0 Å². The molecule has 5 aromatic rings. The minimum Gasteiger partial charge on any atom is -0.457 e. The molecular weight excluding hydrogens is 718 g/mol. The molecule has 54 heavy (non-hydrogen) atoms. The molecule has 0 unspecified atom stereocenters. The predicted octanol–water partition coefficient (Wildman–Crippen LogP) is 8.67. The van der Waals surface area contributed by atoms with Crippen LogP contribution >= 0.6 is 0 Å².